The molecule has 4 aromatic rings. The minimum absolute atomic E-state index is 0.0310. The number of nitrogens with one attached hydrogen (secondary N) is 1. The van der Waals surface area contributed by atoms with Crippen molar-refractivity contribution in [2.75, 3.05) is 18.6 Å². The van der Waals surface area contributed by atoms with Crippen LogP contribution in [0.4, 0.5) is 5.69 Å². The molecular formula is C24H21N5O3. The summed E-state index contributed by atoms with van der Waals surface area (Å²) in [7, 11) is 1.68. The Balaban J connectivity index is 1.33. The summed E-state index contributed by atoms with van der Waals surface area (Å²) in [5.41, 5.74) is 2.01. The number of anilines is 1. The van der Waals surface area contributed by atoms with E-state index in [1.165, 1.54) is 4.90 Å². The zero-order valence-corrected chi connectivity index (χ0v) is 17.4. The van der Waals surface area contributed by atoms with Crippen LogP contribution in [0, 0.1) is 0 Å². The van der Waals surface area contributed by atoms with Crippen LogP contribution in [-0.2, 0) is 11.3 Å². The van der Waals surface area contributed by atoms with Crippen molar-refractivity contribution in [3.63, 3.8) is 0 Å². The molecule has 0 fully saturated rings. The van der Waals surface area contributed by atoms with Crippen molar-refractivity contribution in [1.29, 1.82) is 0 Å². The molecule has 1 unspecified atom stereocenters. The number of imidazole rings is 1. The van der Waals surface area contributed by atoms with Crippen molar-refractivity contribution >= 4 is 28.3 Å². The average molecular weight is 427 g/mol. The Kier molecular flexibility index (Phi) is 5.03. The second-order valence-corrected chi connectivity index (χ2v) is 7.66. The zero-order valence-electron chi connectivity index (χ0n) is 17.4. The lowest BCUT2D eigenvalue weighted by Crippen LogP contribution is -2.49. The van der Waals surface area contributed by atoms with Crippen molar-refractivity contribution in [3.8, 4) is 5.75 Å². The molecule has 0 bridgehead atoms. The molecule has 0 saturated carbocycles. The van der Waals surface area contributed by atoms with Crippen LogP contribution < -0.4 is 15.0 Å². The maximum atomic E-state index is 13.2. The quantitative estimate of drug-likeness (QED) is 0.541. The SMILES string of the molecule is CN1C(=O)C(NC(=O)c2cn(Cc3ccccc3)cn2)COc2ccc3cnccc3c21. The van der Waals surface area contributed by atoms with Crippen molar-refractivity contribution < 1.29 is 14.3 Å². The molecular weight excluding hydrogens is 406 g/mol. The highest BCUT2D eigenvalue weighted by Gasteiger charge is 2.32. The first-order chi connectivity index (χ1) is 15.6. The fraction of sp³-hybridized carbons (Fsp3) is 0.167. The molecule has 0 aliphatic carbocycles. The molecule has 160 valence electrons. The number of pyridine rings is 1. The third-order valence-corrected chi connectivity index (χ3v) is 5.50. The summed E-state index contributed by atoms with van der Waals surface area (Å²) >= 11 is 0. The monoisotopic (exact) mass is 427 g/mol. The summed E-state index contributed by atoms with van der Waals surface area (Å²) in [6.45, 7) is 0.635. The van der Waals surface area contributed by atoms with E-state index in [9.17, 15) is 9.59 Å². The third kappa shape index (κ3) is 3.66. The maximum Gasteiger partial charge on any atom is 0.272 e. The van der Waals surface area contributed by atoms with E-state index in [0.717, 1.165) is 16.3 Å². The van der Waals surface area contributed by atoms with Crippen LogP contribution >= 0.6 is 0 Å². The first kappa shape index (κ1) is 19.7. The number of hydrogen-bond acceptors (Lipinski definition) is 5. The van der Waals surface area contributed by atoms with Crippen LogP contribution in [0.15, 0.2) is 73.4 Å². The van der Waals surface area contributed by atoms with Crippen molar-refractivity contribution in [2.45, 2.75) is 12.6 Å². The Morgan fingerprint density at radius 1 is 1.19 bits per heavy atom. The topological polar surface area (TPSA) is 89.4 Å². The molecule has 0 spiro atoms. The van der Waals surface area contributed by atoms with Gasteiger partial charge in [-0.2, -0.15) is 0 Å². The standard InChI is InChI=1S/C24H21N5O3/c1-28-22-18-9-10-25-11-17(18)7-8-21(22)32-14-20(24(28)31)27-23(30)19-13-29(15-26-19)12-16-5-3-2-4-6-16/h2-11,13,15,20H,12,14H2,1H3,(H,27,30). The van der Waals surface area contributed by atoms with Gasteiger partial charge in [0.25, 0.3) is 11.8 Å². The van der Waals surface area contributed by atoms with Gasteiger partial charge in [0.1, 0.15) is 24.1 Å². The van der Waals surface area contributed by atoms with Gasteiger partial charge in [-0.3, -0.25) is 14.6 Å². The van der Waals surface area contributed by atoms with Crippen LogP contribution in [0.3, 0.4) is 0 Å². The largest absolute Gasteiger partial charge is 0.489 e. The van der Waals surface area contributed by atoms with E-state index in [4.69, 9.17) is 4.74 Å². The van der Waals surface area contributed by atoms with E-state index in [0.29, 0.717) is 18.0 Å². The normalized spacial score (nSPS) is 15.7. The van der Waals surface area contributed by atoms with Gasteiger partial charge < -0.3 is 19.5 Å². The molecule has 1 atom stereocenters. The van der Waals surface area contributed by atoms with E-state index >= 15 is 0 Å². The average Bonchev–Trinajstić information content (AvgIpc) is 3.25. The van der Waals surface area contributed by atoms with Gasteiger partial charge in [-0.15, -0.1) is 0 Å². The molecule has 2 amide bonds. The lowest BCUT2D eigenvalue weighted by molar-refractivity contribution is -0.120. The number of hydrogen-bond donors (Lipinski definition) is 1. The summed E-state index contributed by atoms with van der Waals surface area (Å²) in [4.78, 5) is 35.8. The number of fused-ring (bicyclic) bond motifs is 3. The summed E-state index contributed by atoms with van der Waals surface area (Å²) < 4.78 is 7.74. The van der Waals surface area contributed by atoms with Crippen molar-refractivity contribution in [1.82, 2.24) is 19.9 Å². The number of ether oxygens (including phenoxy) is 1. The predicted octanol–water partition coefficient (Wildman–Crippen LogP) is 2.63. The number of carbonyl (C=O) groups excluding carboxylic acids is 2. The van der Waals surface area contributed by atoms with Gasteiger partial charge in [-0.05, 0) is 23.8 Å². The summed E-state index contributed by atoms with van der Waals surface area (Å²) in [5.74, 6) is -0.0965. The summed E-state index contributed by atoms with van der Waals surface area (Å²) in [5, 5.41) is 4.54. The molecule has 1 aliphatic heterocycles. The van der Waals surface area contributed by atoms with Crippen LogP contribution in [0.1, 0.15) is 16.1 Å². The highest BCUT2D eigenvalue weighted by molar-refractivity contribution is 6.09. The maximum absolute atomic E-state index is 13.2. The minimum Gasteiger partial charge on any atom is -0.489 e. The Labute approximate surface area is 184 Å². The molecule has 0 saturated heterocycles. The zero-order chi connectivity index (χ0) is 22.1. The lowest BCUT2D eigenvalue weighted by atomic mass is 10.1. The molecule has 0 radical (unpaired) electrons. The van der Waals surface area contributed by atoms with Gasteiger partial charge in [-0.1, -0.05) is 30.3 Å². The number of aromatic nitrogens is 3. The Morgan fingerprint density at radius 2 is 2.03 bits per heavy atom. The molecule has 8 heteroatoms. The highest BCUT2D eigenvalue weighted by Crippen LogP contribution is 2.37. The van der Waals surface area contributed by atoms with E-state index < -0.39 is 11.9 Å². The third-order valence-electron chi connectivity index (χ3n) is 5.50. The predicted molar refractivity (Wildman–Crippen MR) is 120 cm³/mol. The second kappa shape index (κ2) is 8.14. The van der Waals surface area contributed by atoms with Gasteiger partial charge in [0.05, 0.1) is 12.0 Å². The van der Waals surface area contributed by atoms with Crippen LogP contribution in [0.2, 0.25) is 0 Å². The minimum atomic E-state index is -0.837. The number of likely N-dealkylation sites (N-methyl/N-ethyl adjacent to an activating group) is 1. The van der Waals surface area contributed by atoms with Crippen LogP contribution in [-0.4, -0.2) is 46.0 Å². The van der Waals surface area contributed by atoms with E-state index in [1.807, 2.05) is 53.1 Å². The Bertz CT molecular complexity index is 1300. The van der Waals surface area contributed by atoms with E-state index in [2.05, 4.69) is 15.3 Å². The fourth-order valence-corrected chi connectivity index (χ4v) is 3.88. The lowest BCUT2D eigenvalue weighted by Gasteiger charge is -2.21. The first-order valence-corrected chi connectivity index (χ1v) is 10.2. The number of nitrogens with zero attached hydrogens (tertiary/aromatic N) is 4. The second-order valence-electron chi connectivity index (χ2n) is 7.66. The van der Waals surface area contributed by atoms with Crippen LogP contribution in [0.5, 0.6) is 5.75 Å². The van der Waals surface area contributed by atoms with Gasteiger partial charge in [0, 0.05) is 43.0 Å². The van der Waals surface area contributed by atoms with Crippen molar-refractivity contribution in [2.24, 2.45) is 0 Å². The van der Waals surface area contributed by atoms with Gasteiger partial charge in [0.2, 0.25) is 0 Å². The van der Waals surface area contributed by atoms with Gasteiger partial charge >= 0.3 is 0 Å². The van der Waals surface area contributed by atoms with Crippen molar-refractivity contribution in [3.05, 3.63) is 84.7 Å². The number of rotatable bonds is 4. The number of benzene rings is 2. The molecule has 1 aliphatic rings. The Morgan fingerprint density at radius 3 is 2.88 bits per heavy atom. The molecule has 2 aromatic heterocycles. The first-order valence-electron chi connectivity index (χ1n) is 10.2. The molecule has 32 heavy (non-hydrogen) atoms. The van der Waals surface area contributed by atoms with E-state index in [1.54, 1.807) is 32.0 Å². The number of carbonyl (C=O) groups is 2. The molecule has 2 aromatic carbocycles. The fourth-order valence-electron chi connectivity index (χ4n) is 3.88. The molecule has 8 nitrogen and oxygen atoms in total. The summed E-state index contributed by atoms with van der Waals surface area (Å²) in [6.07, 6.45) is 6.69. The smallest absolute Gasteiger partial charge is 0.272 e. The Hall–Kier alpha value is -4.20. The molecule has 3 heterocycles. The summed E-state index contributed by atoms with van der Waals surface area (Å²) in [6, 6.07) is 14.6. The van der Waals surface area contributed by atoms with Gasteiger partial charge in [-0.25, -0.2) is 4.98 Å². The highest BCUT2D eigenvalue weighted by atomic mass is 16.5. The van der Waals surface area contributed by atoms with Crippen LogP contribution in [0.25, 0.3) is 10.8 Å². The number of amides is 2. The molecule has 1 N–H and O–H groups in total. The van der Waals surface area contributed by atoms with E-state index in [-0.39, 0.29) is 18.2 Å². The van der Waals surface area contributed by atoms with Gasteiger partial charge in [0.15, 0.2) is 0 Å². The molecule has 5 rings (SSSR count).